The average Bonchev–Trinajstić information content (AvgIpc) is 2.80. The van der Waals surface area contributed by atoms with Crippen LogP contribution in [0, 0.1) is 5.92 Å². The zero-order chi connectivity index (χ0) is 16.3. The molecular formula is C16H19ClN2O3. The number of rotatable bonds is 6. The molecule has 5 nitrogen and oxygen atoms in total. The molecule has 0 radical (unpaired) electrons. The number of nitrogens with zero attached hydrogens (tertiary/aromatic N) is 1. The molecule has 1 heterocycles. The number of aliphatic carboxylic acids is 1. The molecule has 2 rings (SSSR count). The van der Waals surface area contributed by atoms with Gasteiger partial charge in [0.15, 0.2) is 0 Å². The normalized spacial score (nSPS) is 11.1. The molecule has 0 fully saturated rings. The first kappa shape index (κ1) is 16.4. The maximum Gasteiger partial charge on any atom is 0.305 e. The Kier molecular flexibility index (Phi) is 5.08. The molecule has 0 spiro atoms. The second-order valence-electron chi connectivity index (χ2n) is 5.65. The molecule has 0 aliphatic rings. The molecule has 0 aliphatic heterocycles. The van der Waals surface area contributed by atoms with Crippen LogP contribution in [-0.4, -0.2) is 40.0 Å². The van der Waals surface area contributed by atoms with E-state index in [0.717, 1.165) is 10.9 Å². The minimum atomic E-state index is -0.927. The van der Waals surface area contributed by atoms with Gasteiger partial charge >= 0.3 is 5.97 Å². The monoisotopic (exact) mass is 322 g/mol. The van der Waals surface area contributed by atoms with E-state index in [0.29, 0.717) is 17.3 Å². The van der Waals surface area contributed by atoms with Gasteiger partial charge in [-0.1, -0.05) is 43.6 Å². The summed E-state index contributed by atoms with van der Waals surface area (Å²) in [7, 11) is 0. The van der Waals surface area contributed by atoms with Crippen molar-refractivity contribution in [3.05, 3.63) is 35.0 Å². The van der Waals surface area contributed by atoms with Crippen LogP contribution >= 0.6 is 11.6 Å². The fourth-order valence-corrected chi connectivity index (χ4v) is 2.65. The molecule has 6 heteroatoms. The van der Waals surface area contributed by atoms with Crippen LogP contribution in [0.4, 0.5) is 0 Å². The smallest absolute Gasteiger partial charge is 0.305 e. The third-order valence-electron chi connectivity index (χ3n) is 3.32. The van der Waals surface area contributed by atoms with Crippen LogP contribution in [0.5, 0.6) is 0 Å². The molecule has 0 saturated heterocycles. The summed E-state index contributed by atoms with van der Waals surface area (Å²) in [5, 5.41) is 10.0. The highest BCUT2D eigenvalue weighted by atomic mass is 35.5. The number of carboxylic acid groups (broad SMARTS) is 1. The third-order valence-corrected chi connectivity index (χ3v) is 3.72. The number of H-pyrrole nitrogens is 1. The van der Waals surface area contributed by atoms with Crippen LogP contribution in [0.3, 0.4) is 0 Å². The van der Waals surface area contributed by atoms with E-state index in [4.69, 9.17) is 16.7 Å². The molecule has 1 aromatic carbocycles. The first-order valence-corrected chi connectivity index (χ1v) is 7.55. The molecule has 0 aliphatic carbocycles. The van der Waals surface area contributed by atoms with Gasteiger partial charge in [0.05, 0.1) is 11.4 Å². The predicted octanol–water partition coefficient (Wildman–Crippen LogP) is 3.39. The number of carboxylic acids is 1. The predicted molar refractivity (Wildman–Crippen MR) is 86.3 cm³/mol. The molecule has 22 heavy (non-hydrogen) atoms. The Morgan fingerprint density at radius 1 is 1.32 bits per heavy atom. The van der Waals surface area contributed by atoms with Crippen LogP contribution in [0.15, 0.2) is 24.3 Å². The quantitative estimate of drug-likeness (QED) is 0.856. The second-order valence-corrected chi connectivity index (χ2v) is 6.03. The number of carbonyl (C=O) groups is 2. The Balaban J connectivity index is 2.31. The fourth-order valence-electron chi connectivity index (χ4n) is 2.36. The number of nitrogens with one attached hydrogen (secondary N) is 1. The van der Waals surface area contributed by atoms with E-state index in [-0.39, 0.29) is 24.8 Å². The molecule has 1 aromatic heterocycles. The van der Waals surface area contributed by atoms with Crippen molar-refractivity contribution in [3.8, 4) is 0 Å². The van der Waals surface area contributed by atoms with Crippen molar-refractivity contribution in [2.24, 2.45) is 5.92 Å². The molecule has 1 amide bonds. The van der Waals surface area contributed by atoms with E-state index in [2.05, 4.69) is 4.98 Å². The van der Waals surface area contributed by atoms with Gasteiger partial charge in [0.25, 0.3) is 5.91 Å². The number of hydrogen-bond donors (Lipinski definition) is 2. The zero-order valence-corrected chi connectivity index (χ0v) is 13.4. The van der Waals surface area contributed by atoms with Crippen molar-refractivity contribution >= 4 is 34.4 Å². The van der Waals surface area contributed by atoms with Gasteiger partial charge in [-0.25, -0.2) is 0 Å². The number of halogens is 1. The van der Waals surface area contributed by atoms with Crippen molar-refractivity contribution in [2.75, 3.05) is 13.1 Å². The van der Waals surface area contributed by atoms with Gasteiger partial charge in [0.1, 0.15) is 5.69 Å². The first-order valence-electron chi connectivity index (χ1n) is 7.17. The zero-order valence-electron chi connectivity index (χ0n) is 12.6. The van der Waals surface area contributed by atoms with E-state index >= 15 is 0 Å². The lowest BCUT2D eigenvalue weighted by atomic mass is 10.2. The fraction of sp³-hybridized carbons (Fsp3) is 0.375. The Bertz CT molecular complexity index is 694. The van der Waals surface area contributed by atoms with Gasteiger partial charge in [-0.2, -0.15) is 0 Å². The van der Waals surface area contributed by atoms with Gasteiger partial charge in [-0.3, -0.25) is 9.59 Å². The number of para-hydroxylation sites is 1. The van der Waals surface area contributed by atoms with Gasteiger partial charge in [0.2, 0.25) is 0 Å². The summed E-state index contributed by atoms with van der Waals surface area (Å²) in [4.78, 5) is 28.1. The highest BCUT2D eigenvalue weighted by molar-refractivity contribution is 6.38. The van der Waals surface area contributed by atoms with Gasteiger partial charge in [0, 0.05) is 24.0 Å². The van der Waals surface area contributed by atoms with Crippen molar-refractivity contribution in [1.82, 2.24) is 9.88 Å². The molecule has 2 N–H and O–H groups in total. The van der Waals surface area contributed by atoms with E-state index in [9.17, 15) is 9.59 Å². The summed E-state index contributed by atoms with van der Waals surface area (Å²) in [6.07, 6.45) is -0.0870. The molecule has 0 unspecified atom stereocenters. The molecule has 0 saturated carbocycles. The van der Waals surface area contributed by atoms with Crippen molar-refractivity contribution in [1.29, 1.82) is 0 Å². The number of aromatic nitrogens is 1. The van der Waals surface area contributed by atoms with Crippen molar-refractivity contribution in [3.63, 3.8) is 0 Å². The van der Waals surface area contributed by atoms with E-state index in [1.54, 1.807) is 0 Å². The van der Waals surface area contributed by atoms with Crippen LogP contribution < -0.4 is 0 Å². The summed E-state index contributed by atoms with van der Waals surface area (Å²) < 4.78 is 0. The molecule has 0 bridgehead atoms. The van der Waals surface area contributed by atoms with Crippen molar-refractivity contribution in [2.45, 2.75) is 20.3 Å². The van der Waals surface area contributed by atoms with Crippen LogP contribution in [0.2, 0.25) is 5.02 Å². The lowest BCUT2D eigenvalue weighted by Crippen LogP contribution is -2.36. The topological polar surface area (TPSA) is 73.4 Å². The summed E-state index contributed by atoms with van der Waals surface area (Å²) >= 11 is 6.30. The molecule has 2 aromatic rings. The number of carbonyl (C=O) groups excluding carboxylic acids is 1. The average molecular weight is 323 g/mol. The Labute approximate surface area is 133 Å². The van der Waals surface area contributed by atoms with Gasteiger partial charge < -0.3 is 15.0 Å². The highest BCUT2D eigenvalue weighted by Crippen LogP contribution is 2.28. The second kappa shape index (κ2) is 6.83. The lowest BCUT2D eigenvalue weighted by molar-refractivity contribution is -0.137. The molecule has 0 atom stereocenters. The first-order chi connectivity index (χ1) is 10.4. The maximum atomic E-state index is 12.7. The van der Waals surface area contributed by atoms with Gasteiger partial charge in [-0.05, 0) is 12.0 Å². The minimum absolute atomic E-state index is 0.0870. The Hall–Kier alpha value is -2.01. The SMILES string of the molecule is CC(C)CN(CCC(=O)O)C(=O)c1[nH]c2ccccc2c1Cl. The third kappa shape index (κ3) is 3.60. The van der Waals surface area contributed by atoms with E-state index in [1.165, 1.54) is 4.90 Å². The highest BCUT2D eigenvalue weighted by Gasteiger charge is 2.23. The van der Waals surface area contributed by atoms with E-state index < -0.39 is 5.97 Å². The van der Waals surface area contributed by atoms with Crippen LogP contribution in [-0.2, 0) is 4.79 Å². The number of fused-ring (bicyclic) bond motifs is 1. The standard InChI is InChI=1S/C16H19ClN2O3/c1-10(2)9-19(8-7-13(20)21)16(22)15-14(17)11-5-3-4-6-12(11)18-15/h3-6,10,18H,7-9H2,1-2H3,(H,20,21). The van der Waals surface area contributed by atoms with Crippen LogP contribution in [0.1, 0.15) is 30.8 Å². The van der Waals surface area contributed by atoms with Gasteiger partial charge in [-0.15, -0.1) is 0 Å². The largest absolute Gasteiger partial charge is 0.481 e. The number of benzene rings is 1. The Morgan fingerprint density at radius 2 is 2.00 bits per heavy atom. The number of hydrogen-bond acceptors (Lipinski definition) is 2. The summed E-state index contributed by atoms with van der Waals surface area (Å²) in [5.41, 5.74) is 1.10. The molecular weight excluding hydrogens is 304 g/mol. The molecule has 118 valence electrons. The van der Waals surface area contributed by atoms with E-state index in [1.807, 2.05) is 38.1 Å². The minimum Gasteiger partial charge on any atom is -0.481 e. The Morgan fingerprint density at radius 3 is 2.59 bits per heavy atom. The summed E-state index contributed by atoms with van der Waals surface area (Å²) in [6.45, 7) is 4.61. The summed E-state index contributed by atoms with van der Waals surface area (Å²) in [6, 6.07) is 7.41. The van der Waals surface area contributed by atoms with Crippen molar-refractivity contribution < 1.29 is 14.7 Å². The number of amides is 1. The number of aromatic amines is 1. The van der Waals surface area contributed by atoms with Crippen LogP contribution in [0.25, 0.3) is 10.9 Å². The lowest BCUT2D eigenvalue weighted by Gasteiger charge is -2.23. The maximum absolute atomic E-state index is 12.7. The summed E-state index contributed by atoms with van der Waals surface area (Å²) in [5.74, 6) is -0.957.